The first-order chi connectivity index (χ1) is 9.20. The van der Waals surface area contributed by atoms with Crippen LogP contribution in [0.15, 0.2) is 42.7 Å². The van der Waals surface area contributed by atoms with Gasteiger partial charge in [0.1, 0.15) is 12.4 Å². The molecule has 19 heavy (non-hydrogen) atoms. The Morgan fingerprint density at radius 3 is 2.84 bits per heavy atom. The van der Waals surface area contributed by atoms with Gasteiger partial charge < -0.3 is 10.1 Å². The van der Waals surface area contributed by atoms with Crippen LogP contribution in [-0.2, 0) is 6.61 Å². The van der Waals surface area contributed by atoms with E-state index >= 15 is 0 Å². The molecule has 0 radical (unpaired) electrons. The van der Waals surface area contributed by atoms with Crippen LogP contribution >= 0.6 is 11.6 Å². The zero-order chi connectivity index (χ0) is 13.7. The van der Waals surface area contributed by atoms with E-state index in [-0.39, 0.29) is 6.04 Å². The average Bonchev–Trinajstić information content (AvgIpc) is 2.46. The number of ether oxygens (including phenoxy) is 1. The molecule has 2 aromatic rings. The summed E-state index contributed by atoms with van der Waals surface area (Å²) in [7, 11) is 1.92. The van der Waals surface area contributed by atoms with Gasteiger partial charge in [0.05, 0.1) is 5.02 Å². The van der Waals surface area contributed by atoms with Crippen LogP contribution in [0.4, 0.5) is 0 Å². The lowest BCUT2D eigenvalue weighted by atomic mass is 10.1. The molecule has 100 valence electrons. The van der Waals surface area contributed by atoms with E-state index < -0.39 is 0 Å². The molecule has 0 saturated carbocycles. The Hall–Kier alpha value is -1.58. The summed E-state index contributed by atoms with van der Waals surface area (Å²) in [5.74, 6) is 0.692. The molecular formula is C15H17ClN2O. The van der Waals surface area contributed by atoms with Crippen LogP contribution in [0.2, 0.25) is 5.02 Å². The van der Waals surface area contributed by atoms with Gasteiger partial charge in [0.2, 0.25) is 0 Å². The molecule has 0 fully saturated rings. The highest BCUT2D eigenvalue weighted by atomic mass is 35.5. The number of benzene rings is 1. The normalized spacial score (nSPS) is 12.2. The van der Waals surface area contributed by atoms with Crippen LogP contribution in [0.1, 0.15) is 24.1 Å². The fraction of sp³-hybridized carbons (Fsp3) is 0.267. The van der Waals surface area contributed by atoms with Crippen molar-refractivity contribution in [2.45, 2.75) is 19.6 Å². The summed E-state index contributed by atoms with van der Waals surface area (Å²) in [5, 5.41) is 3.81. The van der Waals surface area contributed by atoms with Gasteiger partial charge in [-0.15, -0.1) is 0 Å². The van der Waals surface area contributed by atoms with Gasteiger partial charge in [0.15, 0.2) is 0 Å². The van der Waals surface area contributed by atoms with E-state index in [1.165, 1.54) is 0 Å². The van der Waals surface area contributed by atoms with Crippen LogP contribution in [0, 0.1) is 0 Å². The van der Waals surface area contributed by atoms with Crippen LogP contribution < -0.4 is 10.1 Å². The summed E-state index contributed by atoms with van der Waals surface area (Å²) in [6, 6.07) is 9.98. The van der Waals surface area contributed by atoms with E-state index in [2.05, 4.69) is 17.2 Å². The van der Waals surface area contributed by atoms with Gasteiger partial charge in [-0.2, -0.15) is 0 Å². The van der Waals surface area contributed by atoms with Crippen LogP contribution in [0.5, 0.6) is 5.75 Å². The predicted octanol–water partition coefficient (Wildman–Crippen LogP) is 3.59. The lowest BCUT2D eigenvalue weighted by Gasteiger charge is -2.13. The minimum atomic E-state index is 0.268. The van der Waals surface area contributed by atoms with Gasteiger partial charge in [-0.3, -0.25) is 4.98 Å². The lowest BCUT2D eigenvalue weighted by Crippen LogP contribution is -2.12. The van der Waals surface area contributed by atoms with E-state index in [1.54, 1.807) is 12.4 Å². The Morgan fingerprint density at radius 1 is 1.37 bits per heavy atom. The van der Waals surface area contributed by atoms with Crippen molar-refractivity contribution in [2.75, 3.05) is 7.05 Å². The molecule has 1 heterocycles. The fourth-order valence-electron chi connectivity index (χ4n) is 1.71. The topological polar surface area (TPSA) is 34.1 Å². The van der Waals surface area contributed by atoms with Crippen molar-refractivity contribution in [3.63, 3.8) is 0 Å². The number of hydrogen-bond acceptors (Lipinski definition) is 3. The number of nitrogens with zero attached hydrogens (tertiary/aromatic N) is 1. The third-order valence-corrected chi connectivity index (χ3v) is 3.30. The second kappa shape index (κ2) is 6.55. The quantitative estimate of drug-likeness (QED) is 0.906. The molecule has 0 amide bonds. The minimum absolute atomic E-state index is 0.268. The zero-order valence-electron chi connectivity index (χ0n) is 11.1. The Balaban J connectivity index is 2.05. The summed E-state index contributed by atoms with van der Waals surface area (Å²) in [6.45, 7) is 2.55. The monoisotopic (exact) mass is 276 g/mol. The molecule has 2 rings (SSSR count). The van der Waals surface area contributed by atoms with E-state index in [1.807, 2.05) is 37.4 Å². The summed E-state index contributed by atoms with van der Waals surface area (Å²) in [5.41, 5.74) is 2.16. The molecule has 3 nitrogen and oxygen atoms in total. The molecule has 0 aliphatic heterocycles. The maximum Gasteiger partial charge on any atom is 0.138 e. The first-order valence-electron chi connectivity index (χ1n) is 6.19. The van der Waals surface area contributed by atoms with E-state index in [0.717, 1.165) is 11.1 Å². The zero-order valence-corrected chi connectivity index (χ0v) is 11.8. The smallest absolute Gasteiger partial charge is 0.138 e. The lowest BCUT2D eigenvalue weighted by molar-refractivity contribution is 0.306. The Labute approximate surface area is 118 Å². The van der Waals surface area contributed by atoms with Crippen molar-refractivity contribution >= 4 is 11.6 Å². The van der Waals surface area contributed by atoms with E-state index in [4.69, 9.17) is 16.3 Å². The molecule has 1 aromatic carbocycles. The third kappa shape index (κ3) is 3.69. The van der Waals surface area contributed by atoms with Crippen molar-refractivity contribution < 1.29 is 4.74 Å². The standard InChI is InChI=1S/C15H17ClN2O/c1-11(17-2)13-5-6-15(14(16)8-13)19-10-12-4-3-7-18-9-12/h3-9,11,17H,10H2,1-2H3. The molecule has 1 unspecified atom stereocenters. The van der Waals surface area contributed by atoms with Crippen LogP contribution in [0.3, 0.4) is 0 Å². The molecule has 0 aliphatic rings. The van der Waals surface area contributed by atoms with Gasteiger partial charge >= 0.3 is 0 Å². The number of hydrogen-bond donors (Lipinski definition) is 1. The molecule has 1 N–H and O–H groups in total. The fourth-order valence-corrected chi connectivity index (χ4v) is 1.96. The summed E-state index contributed by atoms with van der Waals surface area (Å²) in [4.78, 5) is 4.05. The second-order valence-corrected chi connectivity index (χ2v) is 4.76. The number of aromatic nitrogens is 1. The Kier molecular flexibility index (Phi) is 4.77. The van der Waals surface area contributed by atoms with Gasteiger partial charge in [0.25, 0.3) is 0 Å². The summed E-state index contributed by atoms with van der Waals surface area (Å²) < 4.78 is 5.70. The molecular weight excluding hydrogens is 260 g/mol. The van der Waals surface area contributed by atoms with Gasteiger partial charge in [0, 0.05) is 24.0 Å². The van der Waals surface area contributed by atoms with Gasteiger partial charge in [-0.05, 0) is 37.7 Å². The maximum absolute atomic E-state index is 6.23. The number of pyridine rings is 1. The number of nitrogens with one attached hydrogen (secondary N) is 1. The third-order valence-electron chi connectivity index (χ3n) is 3.01. The average molecular weight is 277 g/mol. The minimum Gasteiger partial charge on any atom is -0.487 e. The Bertz CT molecular complexity index is 531. The molecule has 1 atom stereocenters. The van der Waals surface area contributed by atoms with Crippen molar-refractivity contribution in [3.8, 4) is 5.75 Å². The summed E-state index contributed by atoms with van der Waals surface area (Å²) >= 11 is 6.23. The highest BCUT2D eigenvalue weighted by Crippen LogP contribution is 2.28. The van der Waals surface area contributed by atoms with Crippen molar-refractivity contribution in [3.05, 3.63) is 58.9 Å². The van der Waals surface area contributed by atoms with E-state index in [9.17, 15) is 0 Å². The van der Waals surface area contributed by atoms with Crippen molar-refractivity contribution in [1.29, 1.82) is 0 Å². The second-order valence-electron chi connectivity index (χ2n) is 4.35. The largest absolute Gasteiger partial charge is 0.487 e. The number of rotatable bonds is 5. The SMILES string of the molecule is CNC(C)c1ccc(OCc2cccnc2)c(Cl)c1. The Morgan fingerprint density at radius 2 is 2.21 bits per heavy atom. The molecule has 0 saturated heterocycles. The van der Waals surface area contributed by atoms with Crippen LogP contribution in [0.25, 0.3) is 0 Å². The summed E-state index contributed by atoms with van der Waals surface area (Å²) in [6.07, 6.45) is 3.52. The van der Waals surface area contributed by atoms with Crippen molar-refractivity contribution in [1.82, 2.24) is 10.3 Å². The van der Waals surface area contributed by atoms with Crippen molar-refractivity contribution in [2.24, 2.45) is 0 Å². The molecule has 0 aliphatic carbocycles. The molecule has 0 bridgehead atoms. The highest BCUT2D eigenvalue weighted by molar-refractivity contribution is 6.32. The maximum atomic E-state index is 6.23. The van der Waals surface area contributed by atoms with E-state index in [0.29, 0.717) is 17.4 Å². The first-order valence-corrected chi connectivity index (χ1v) is 6.57. The predicted molar refractivity (Wildman–Crippen MR) is 77.5 cm³/mol. The van der Waals surface area contributed by atoms with Crippen LogP contribution in [-0.4, -0.2) is 12.0 Å². The number of halogens is 1. The molecule has 4 heteroatoms. The highest BCUT2D eigenvalue weighted by Gasteiger charge is 2.07. The van der Waals surface area contributed by atoms with Gasteiger partial charge in [-0.25, -0.2) is 0 Å². The molecule has 0 spiro atoms. The van der Waals surface area contributed by atoms with Gasteiger partial charge in [-0.1, -0.05) is 23.7 Å². The first kappa shape index (κ1) is 13.8. The molecule has 1 aromatic heterocycles.